The first-order valence-electron chi connectivity index (χ1n) is 6.25. The van der Waals surface area contributed by atoms with Gasteiger partial charge in [0.1, 0.15) is 5.60 Å². The SMILES string of the molecule is CC(C)(C)OC(=O)N[C@H](CO)Cc1cc(Cl)ccc1Cl. The molecule has 0 saturated heterocycles. The topological polar surface area (TPSA) is 58.6 Å². The predicted octanol–water partition coefficient (Wildman–Crippen LogP) is 3.42. The molecule has 112 valence electrons. The largest absolute Gasteiger partial charge is 0.444 e. The van der Waals surface area contributed by atoms with Crippen molar-refractivity contribution in [2.24, 2.45) is 0 Å². The Labute approximate surface area is 129 Å². The van der Waals surface area contributed by atoms with E-state index in [9.17, 15) is 9.90 Å². The fourth-order valence-electron chi connectivity index (χ4n) is 1.60. The zero-order valence-corrected chi connectivity index (χ0v) is 13.3. The average Bonchev–Trinajstić information content (AvgIpc) is 2.30. The quantitative estimate of drug-likeness (QED) is 0.894. The van der Waals surface area contributed by atoms with Gasteiger partial charge in [-0.05, 0) is 51.0 Å². The minimum atomic E-state index is -0.586. The maximum absolute atomic E-state index is 11.7. The Kier molecular flexibility index (Phi) is 6.11. The molecule has 0 spiro atoms. The van der Waals surface area contributed by atoms with Crippen LogP contribution in [0.3, 0.4) is 0 Å². The minimum absolute atomic E-state index is 0.220. The summed E-state index contributed by atoms with van der Waals surface area (Å²) < 4.78 is 5.14. The summed E-state index contributed by atoms with van der Waals surface area (Å²) in [5, 5.41) is 13.0. The van der Waals surface area contributed by atoms with Crippen LogP contribution in [-0.2, 0) is 11.2 Å². The smallest absolute Gasteiger partial charge is 0.407 e. The number of halogens is 2. The van der Waals surface area contributed by atoms with E-state index in [1.807, 2.05) is 0 Å². The van der Waals surface area contributed by atoms with Gasteiger partial charge in [0.2, 0.25) is 0 Å². The summed E-state index contributed by atoms with van der Waals surface area (Å²) in [7, 11) is 0. The van der Waals surface area contributed by atoms with E-state index in [0.29, 0.717) is 16.5 Å². The summed E-state index contributed by atoms with van der Waals surface area (Å²) in [6.07, 6.45) is -0.204. The van der Waals surface area contributed by atoms with Crippen LogP contribution in [0, 0.1) is 0 Å². The van der Waals surface area contributed by atoms with Gasteiger partial charge in [0.25, 0.3) is 0 Å². The molecular weight excluding hydrogens is 301 g/mol. The average molecular weight is 320 g/mol. The van der Waals surface area contributed by atoms with E-state index < -0.39 is 17.7 Å². The molecule has 0 fully saturated rings. The van der Waals surface area contributed by atoms with Gasteiger partial charge in [0.05, 0.1) is 12.6 Å². The van der Waals surface area contributed by atoms with Crippen molar-refractivity contribution in [1.82, 2.24) is 5.32 Å². The van der Waals surface area contributed by atoms with Crippen LogP contribution in [0.1, 0.15) is 26.3 Å². The van der Waals surface area contributed by atoms with E-state index >= 15 is 0 Å². The molecule has 0 aliphatic rings. The third-order valence-electron chi connectivity index (χ3n) is 2.42. The van der Waals surface area contributed by atoms with Crippen LogP contribution in [0.15, 0.2) is 18.2 Å². The van der Waals surface area contributed by atoms with Gasteiger partial charge in [0.15, 0.2) is 0 Å². The molecule has 0 aliphatic carbocycles. The van der Waals surface area contributed by atoms with Gasteiger partial charge in [-0.3, -0.25) is 0 Å². The minimum Gasteiger partial charge on any atom is -0.444 e. The molecule has 1 atom stereocenters. The zero-order chi connectivity index (χ0) is 15.3. The second kappa shape index (κ2) is 7.16. The lowest BCUT2D eigenvalue weighted by Gasteiger charge is -2.23. The maximum atomic E-state index is 11.7. The Hall–Kier alpha value is -0.970. The number of amides is 1. The molecule has 2 N–H and O–H groups in total. The van der Waals surface area contributed by atoms with Crippen LogP contribution in [0.4, 0.5) is 4.79 Å². The molecule has 6 heteroatoms. The Balaban J connectivity index is 2.68. The fourth-order valence-corrected chi connectivity index (χ4v) is 1.99. The summed E-state index contributed by atoms with van der Waals surface area (Å²) in [6.45, 7) is 5.10. The van der Waals surface area contributed by atoms with Crippen LogP contribution in [0.5, 0.6) is 0 Å². The molecule has 1 aromatic carbocycles. The van der Waals surface area contributed by atoms with Gasteiger partial charge >= 0.3 is 6.09 Å². The highest BCUT2D eigenvalue weighted by molar-refractivity contribution is 6.33. The lowest BCUT2D eigenvalue weighted by atomic mass is 10.1. The third kappa shape index (κ3) is 5.99. The van der Waals surface area contributed by atoms with E-state index in [2.05, 4.69) is 5.32 Å². The first-order valence-corrected chi connectivity index (χ1v) is 7.01. The number of ether oxygens (including phenoxy) is 1. The molecule has 0 radical (unpaired) electrons. The number of carbonyl (C=O) groups is 1. The molecule has 0 aliphatic heterocycles. The maximum Gasteiger partial charge on any atom is 0.407 e. The molecule has 1 amide bonds. The highest BCUT2D eigenvalue weighted by Crippen LogP contribution is 2.22. The summed E-state index contributed by atoms with van der Waals surface area (Å²) in [4.78, 5) is 11.7. The number of carbonyl (C=O) groups excluding carboxylic acids is 1. The molecule has 20 heavy (non-hydrogen) atoms. The van der Waals surface area contributed by atoms with Crippen molar-refractivity contribution in [3.8, 4) is 0 Å². The van der Waals surface area contributed by atoms with E-state index in [1.165, 1.54) is 0 Å². The fraction of sp³-hybridized carbons (Fsp3) is 0.500. The van der Waals surface area contributed by atoms with Crippen LogP contribution in [-0.4, -0.2) is 29.4 Å². The van der Waals surface area contributed by atoms with E-state index in [4.69, 9.17) is 27.9 Å². The standard InChI is InChI=1S/C14H19Cl2NO3/c1-14(2,3)20-13(19)17-11(8-18)7-9-6-10(15)4-5-12(9)16/h4-6,11,18H,7-8H2,1-3H3,(H,17,19)/t11-/m0/s1. The number of nitrogens with one attached hydrogen (secondary N) is 1. The van der Waals surface area contributed by atoms with Gasteiger partial charge in [-0.15, -0.1) is 0 Å². The zero-order valence-electron chi connectivity index (χ0n) is 11.7. The number of benzene rings is 1. The highest BCUT2D eigenvalue weighted by atomic mass is 35.5. The van der Waals surface area contributed by atoms with Gasteiger partial charge in [0, 0.05) is 10.0 Å². The highest BCUT2D eigenvalue weighted by Gasteiger charge is 2.20. The van der Waals surface area contributed by atoms with Crippen LogP contribution >= 0.6 is 23.2 Å². The Bertz CT molecular complexity index is 472. The van der Waals surface area contributed by atoms with Gasteiger partial charge in [-0.1, -0.05) is 23.2 Å². The van der Waals surface area contributed by atoms with Gasteiger partial charge in [-0.2, -0.15) is 0 Å². The lowest BCUT2D eigenvalue weighted by Crippen LogP contribution is -2.42. The van der Waals surface area contributed by atoms with Gasteiger partial charge < -0.3 is 15.2 Å². The van der Waals surface area contributed by atoms with Crippen LogP contribution < -0.4 is 5.32 Å². The number of alkyl carbamates (subject to hydrolysis) is 1. The summed E-state index contributed by atoms with van der Waals surface area (Å²) in [6, 6.07) is 4.59. The van der Waals surface area contributed by atoms with Crippen molar-refractivity contribution >= 4 is 29.3 Å². The van der Waals surface area contributed by atoms with Crippen molar-refractivity contribution in [3.05, 3.63) is 33.8 Å². The third-order valence-corrected chi connectivity index (χ3v) is 3.02. The Morgan fingerprint density at radius 2 is 2.05 bits per heavy atom. The second-order valence-electron chi connectivity index (χ2n) is 5.47. The number of rotatable bonds is 4. The summed E-state index contributed by atoms with van der Waals surface area (Å²) in [5.41, 5.74) is 0.173. The molecule has 0 unspecified atom stereocenters. The molecular formula is C14H19Cl2NO3. The molecule has 0 bridgehead atoms. The van der Waals surface area contributed by atoms with E-state index in [1.54, 1.807) is 39.0 Å². The summed E-state index contributed by atoms with van der Waals surface area (Å²) >= 11 is 12.0. The number of aliphatic hydroxyl groups is 1. The van der Waals surface area contributed by atoms with Crippen molar-refractivity contribution in [1.29, 1.82) is 0 Å². The number of hydrogen-bond donors (Lipinski definition) is 2. The van der Waals surface area contributed by atoms with Crippen molar-refractivity contribution < 1.29 is 14.6 Å². The second-order valence-corrected chi connectivity index (χ2v) is 6.31. The molecule has 1 aromatic rings. The predicted molar refractivity (Wildman–Crippen MR) is 80.4 cm³/mol. The first-order chi connectivity index (χ1) is 9.21. The summed E-state index contributed by atoms with van der Waals surface area (Å²) in [5.74, 6) is 0. The Morgan fingerprint density at radius 3 is 2.60 bits per heavy atom. The molecule has 4 nitrogen and oxygen atoms in total. The monoisotopic (exact) mass is 319 g/mol. The first kappa shape index (κ1) is 17.1. The molecule has 0 saturated carbocycles. The van der Waals surface area contributed by atoms with Crippen molar-refractivity contribution in [3.63, 3.8) is 0 Å². The van der Waals surface area contributed by atoms with Crippen molar-refractivity contribution in [2.45, 2.75) is 38.8 Å². The van der Waals surface area contributed by atoms with Crippen LogP contribution in [0.2, 0.25) is 10.0 Å². The van der Waals surface area contributed by atoms with E-state index in [-0.39, 0.29) is 6.61 Å². The van der Waals surface area contributed by atoms with Crippen molar-refractivity contribution in [2.75, 3.05) is 6.61 Å². The lowest BCUT2D eigenvalue weighted by molar-refractivity contribution is 0.0483. The normalized spacial score (nSPS) is 12.9. The number of aliphatic hydroxyl groups excluding tert-OH is 1. The molecule has 0 heterocycles. The van der Waals surface area contributed by atoms with Crippen LogP contribution in [0.25, 0.3) is 0 Å². The Morgan fingerprint density at radius 1 is 1.40 bits per heavy atom. The van der Waals surface area contributed by atoms with E-state index in [0.717, 1.165) is 5.56 Å². The number of hydrogen-bond acceptors (Lipinski definition) is 3. The molecule has 0 aromatic heterocycles. The molecule has 1 rings (SSSR count). The van der Waals surface area contributed by atoms with Gasteiger partial charge in [-0.25, -0.2) is 4.79 Å².